The average molecular weight is 491 g/mol. The van der Waals surface area contributed by atoms with Gasteiger partial charge in [-0.2, -0.15) is 0 Å². The van der Waals surface area contributed by atoms with Gasteiger partial charge in [-0.05, 0) is 54.4 Å². The summed E-state index contributed by atoms with van der Waals surface area (Å²) in [6.45, 7) is 0.374. The molecule has 0 aliphatic heterocycles. The lowest BCUT2D eigenvalue weighted by Crippen LogP contribution is -2.28. The first kappa shape index (κ1) is 26.1. The number of aliphatic carboxylic acids is 1. The zero-order valence-corrected chi connectivity index (χ0v) is 21.2. The molecule has 5 heteroatoms. The summed E-state index contributed by atoms with van der Waals surface area (Å²) in [7, 11) is 0. The van der Waals surface area contributed by atoms with Crippen LogP contribution in [0.1, 0.15) is 101 Å². The number of rotatable bonds is 14. The fourth-order valence-electron chi connectivity index (χ4n) is 6.10. The van der Waals surface area contributed by atoms with Gasteiger partial charge in [0.25, 0.3) is 0 Å². The predicted molar refractivity (Wildman–Crippen MR) is 140 cm³/mol. The normalized spacial score (nSPS) is 15.9. The number of carbonyl (C=O) groups excluding carboxylic acids is 2. The van der Waals surface area contributed by atoms with Gasteiger partial charge in [-0.25, -0.2) is 0 Å². The number of hydrogen-bond acceptors (Lipinski definition) is 4. The number of ether oxygens (including phenoxy) is 1. The number of carboxylic acid groups (broad SMARTS) is 1. The molecule has 2 aliphatic carbocycles. The third kappa shape index (κ3) is 6.24. The highest BCUT2D eigenvalue weighted by Gasteiger charge is 2.40. The van der Waals surface area contributed by atoms with Gasteiger partial charge in [0.15, 0.2) is 0 Å². The number of ketones is 1. The average Bonchev–Trinajstić information content (AvgIpc) is 3.49. The third-order valence-corrected chi connectivity index (χ3v) is 8.13. The van der Waals surface area contributed by atoms with Crippen molar-refractivity contribution in [2.45, 2.75) is 89.4 Å². The van der Waals surface area contributed by atoms with E-state index in [1.807, 2.05) is 24.3 Å². The van der Waals surface area contributed by atoms with Gasteiger partial charge in [0.05, 0.1) is 0 Å². The molecule has 0 aromatic heterocycles. The Kier molecular flexibility index (Phi) is 8.95. The molecule has 0 heterocycles. The number of hydrogen-bond donors (Lipinski definition) is 1. The second-order valence-corrected chi connectivity index (χ2v) is 10.5. The summed E-state index contributed by atoms with van der Waals surface area (Å²) in [6.07, 6.45) is 9.84. The van der Waals surface area contributed by atoms with Crippen molar-refractivity contribution in [3.8, 4) is 11.1 Å². The maximum atomic E-state index is 12.8. The zero-order valence-electron chi connectivity index (χ0n) is 21.2. The van der Waals surface area contributed by atoms with Crippen LogP contribution in [0, 0.1) is 5.41 Å². The Morgan fingerprint density at radius 3 is 1.94 bits per heavy atom. The number of unbranched alkanes of at least 4 members (excludes halogenated alkanes) is 4. The minimum atomic E-state index is -0.814. The van der Waals surface area contributed by atoms with Crippen molar-refractivity contribution >= 4 is 17.7 Å². The number of fused-ring (bicyclic) bond motifs is 3. The van der Waals surface area contributed by atoms with Gasteiger partial charge in [-0.3, -0.25) is 14.4 Å². The lowest BCUT2D eigenvalue weighted by atomic mass is 9.76. The molecule has 0 atom stereocenters. The number of carbonyl (C=O) groups is 3. The van der Waals surface area contributed by atoms with Gasteiger partial charge in [0, 0.05) is 30.6 Å². The van der Waals surface area contributed by atoms with Gasteiger partial charge < -0.3 is 9.84 Å². The molecule has 1 saturated carbocycles. The van der Waals surface area contributed by atoms with Crippen molar-refractivity contribution in [2.24, 2.45) is 5.41 Å². The fraction of sp³-hybridized carbons (Fsp3) is 0.516. The Hall–Kier alpha value is -2.95. The van der Waals surface area contributed by atoms with Gasteiger partial charge in [0.2, 0.25) is 0 Å². The van der Waals surface area contributed by atoms with Crippen molar-refractivity contribution in [1.29, 1.82) is 0 Å². The van der Waals surface area contributed by atoms with Crippen LogP contribution in [0.4, 0.5) is 0 Å². The summed E-state index contributed by atoms with van der Waals surface area (Å²) in [5.41, 5.74) is 4.52. The Morgan fingerprint density at radius 1 is 0.778 bits per heavy atom. The molecule has 2 aromatic rings. The molecular formula is C31H38O5. The van der Waals surface area contributed by atoms with Crippen LogP contribution in [-0.4, -0.2) is 29.4 Å². The molecule has 0 radical (unpaired) electrons. The molecule has 0 bridgehead atoms. The maximum absolute atomic E-state index is 12.8. The van der Waals surface area contributed by atoms with E-state index in [-0.39, 0.29) is 29.5 Å². The van der Waals surface area contributed by atoms with E-state index in [1.165, 1.54) is 22.3 Å². The van der Waals surface area contributed by atoms with E-state index in [0.717, 1.165) is 57.8 Å². The van der Waals surface area contributed by atoms with Crippen LogP contribution < -0.4 is 0 Å². The molecule has 2 aliphatic rings. The summed E-state index contributed by atoms with van der Waals surface area (Å²) in [5.74, 6) is -0.600. The monoisotopic (exact) mass is 490 g/mol. The highest BCUT2D eigenvalue weighted by Crippen LogP contribution is 2.45. The van der Waals surface area contributed by atoms with E-state index in [0.29, 0.717) is 25.9 Å². The van der Waals surface area contributed by atoms with E-state index in [1.54, 1.807) is 0 Å². The molecule has 1 N–H and O–H groups in total. The first-order valence-electron chi connectivity index (χ1n) is 13.6. The Bertz CT molecular complexity index is 1020. The molecular weight excluding hydrogens is 452 g/mol. The van der Waals surface area contributed by atoms with Crippen LogP contribution in [0.5, 0.6) is 0 Å². The number of Topliss-reactive ketones (excluding diaryl/α,β-unsaturated/α-hetero) is 1. The van der Waals surface area contributed by atoms with Crippen LogP contribution in [0.25, 0.3) is 11.1 Å². The van der Waals surface area contributed by atoms with Crippen molar-refractivity contribution in [2.75, 3.05) is 6.61 Å². The molecule has 192 valence electrons. The van der Waals surface area contributed by atoms with Crippen molar-refractivity contribution < 1.29 is 24.2 Å². The molecule has 2 aromatic carbocycles. The second-order valence-electron chi connectivity index (χ2n) is 10.5. The molecule has 0 amide bonds. The molecule has 5 nitrogen and oxygen atoms in total. The summed E-state index contributed by atoms with van der Waals surface area (Å²) in [5, 5.41) is 9.03. The predicted octanol–water partition coefficient (Wildman–Crippen LogP) is 7.07. The highest BCUT2D eigenvalue weighted by molar-refractivity contribution is 5.85. The van der Waals surface area contributed by atoms with Crippen LogP contribution in [-0.2, 0) is 19.1 Å². The maximum Gasteiger partial charge on any atom is 0.305 e. The standard InChI is InChI=1S/C31H38O5/c32-28(31(19-10-11-20-31)21-18-29(33)34)16-4-2-1-3-5-17-30(35)36-22-27-25-14-8-6-12-23(25)24-13-7-9-15-26(24)27/h6-9,12-15,27H,1-5,10-11,16-22H2,(H,33,34). The number of esters is 1. The van der Waals surface area contributed by atoms with E-state index < -0.39 is 5.97 Å². The van der Waals surface area contributed by atoms with Crippen LogP contribution in [0.15, 0.2) is 48.5 Å². The molecule has 36 heavy (non-hydrogen) atoms. The topological polar surface area (TPSA) is 80.7 Å². The van der Waals surface area contributed by atoms with E-state index >= 15 is 0 Å². The SMILES string of the molecule is O=C(O)CCC1(C(=O)CCCCCCCC(=O)OCC2c3ccccc3-c3ccccc32)CCCC1. The smallest absolute Gasteiger partial charge is 0.305 e. The number of carboxylic acids is 1. The van der Waals surface area contributed by atoms with Crippen LogP contribution >= 0.6 is 0 Å². The summed E-state index contributed by atoms with van der Waals surface area (Å²) in [6, 6.07) is 16.7. The van der Waals surface area contributed by atoms with Crippen LogP contribution in [0.3, 0.4) is 0 Å². The Morgan fingerprint density at radius 2 is 1.33 bits per heavy atom. The summed E-state index contributed by atoms with van der Waals surface area (Å²) in [4.78, 5) is 36.2. The highest BCUT2D eigenvalue weighted by atomic mass is 16.5. The lowest BCUT2D eigenvalue weighted by Gasteiger charge is -2.26. The largest absolute Gasteiger partial charge is 0.481 e. The molecule has 1 fully saturated rings. The fourth-order valence-corrected chi connectivity index (χ4v) is 6.10. The second kappa shape index (κ2) is 12.3. The van der Waals surface area contributed by atoms with Crippen molar-refractivity contribution in [1.82, 2.24) is 0 Å². The van der Waals surface area contributed by atoms with E-state index in [9.17, 15) is 14.4 Å². The molecule has 0 spiro atoms. The number of benzene rings is 2. The van der Waals surface area contributed by atoms with Crippen molar-refractivity contribution in [3.63, 3.8) is 0 Å². The van der Waals surface area contributed by atoms with Gasteiger partial charge >= 0.3 is 11.9 Å². The van der Waals surface area contributed by atoms with Gasteiger partial charge in [0.1, 0.15) is 12.4 Å². The van der Waals surface area contributed by atoms with Gasteiger partial charge in [-0.1, -0.05) is 80.6 Å². The molecule has 0 unspecified atom stereocenters. The van der Waals surface area contributed by atoms with Crippen LogP contribution in [0.2, 0.25) is 0 Å². The summed E-state index contributed by atoms with van der Waals surface area (Å²) >= 11 is 0. The Balaban J connectivity index is 1.12. The van der Waals surface area contributed by atoms with E-state index in [2.05, 4.69) is 24.3 Å². The van der Waals surface area contributed by atoms with E-state index in [4.69, 9.17) is 9.84 Å². The molecule has 4 rings (SSSR count). The first-order valence-corrected chi connectivity index (χ1v) is 13.6. The first-order chi connectivity index (χ1) is 17.5. The minimum absolute atomic E-state index is 0.0849. The van der Waals surface area contributed by atoms with Crippen molar-refractivity contribution in [3.05, 3.63) is 59.7 Å². The zero-order chi connectivity index (χ0) is 25.4. The Labute approximate surface area is 214 Å². The minimum Gasteiger partial charge on any atom is -0.481 e. The third-order valence-electron chi connectivity index (χ3n) is 8.13. The van der Waals surface area contributed by atoms with Gasteiger partial charge in [-0.15, -0.1) is 0 Å². The molecule has 0 saturated heterocycles. The lowest BCUT2D eigenvalue weighted by molar-refractivity contribution is -0.144. The quantitative estimate of drug-likeness (QED) is 0.226. The summed E-state index contributed by atoms with van der Waals surface area (Å²) < 4.78 is 5.68.